The van der Waals surface area contributed by atoms with Gasteiger partial charge in [-0.25, -0.2) is 0 Å². The van der Waals surface area contributed by atoms with Crippen LogP contribution in [0.25, 0.3) is 0 Å². The molecule has 0 saturated heterocycles. The summed E-state index contributed by atoms with van der Waals surface area (Å²) in [7, 11) is 0. The first kappa shape index (κ1) is 24.4. The van der Waals surface area contributed by atoms with Gasteiger partial charge in [-0.15, -0.1) is 0 Å². The zero-order valence-corrected chi connectivity index (χ0v) is 16.6. The van der Waals surface area contributed by atoms with Gasteiger partial charge in [-0.3, -0.25) is 4.79 Å². The maximum Gasteiger partial charge on any atom is 0.323 e. The largest absolute Gasteiger partial charge is 0.480 e. The highest BCUT2D eigenvalue weighted by Gasteiger charge is 2.13. The van der Waals surface area contributed by atoms with Gasteiger partial charge >= 0.3 is 5.97 Å². The first-order chi connectivity index (χ1) is 12.2. The maximum atomic E-state index is 10.7. The predicted octanol–water partition coefficient (Wildman–Crippen LogP) is 5.28. The first-order valence-corrected chi connectivity index (χ1v) is 10.8. The van der Waals surface area contributed by atoms with Crippen molar-refractivity contribution in [3.8, 4) is 0 Å². The molecular formula is C21H43NO3. The van der Waals surface area contributed by atoms with Crippen molar-refractivity contribution in [1.29, 1.82) is 0 Å². The average Bonchev–Trinajstić information content (AvgIpc) is 2.60. The standard InChI is InChI=1S/C21H43NO3/c1-2-3-4-5-6-7-8-9-10-11-12-13-14-15-16-17-18-22-20(19-23)21(24)25/h20,22-23H,2-19H2,1H3,(H,24,25)/t20-/m0/s1. The highest BCUT2D eigenvalue weighted by atomic mass is 16.4. The molecule has 0 aliphatic heterocycles. The second kappa shape index (κ2) is 19.7. The van der Waals surface area contributed by atoms with E-state index < -0.39 is 12.0 Å². The Balaban J connectivity index is 3.11. The van der Waals surface area contributed by atoms with Gasteiger partial charge in [-0.1, -0.05) is 103 Å². The Labute approximate surface area is 155 Å². The summed E-state index contributed by atoms with van der Waals surface area (Å²) in [5.74, 6) is -0.973. The topological polar surface area (TPSA) is 69.6 Å². The minimum absolute atomic E-state index is 0.339. The smallest absolute Gasteiger partial charge is 0.323 e. The number of carboxylic acid groups (broad SMARTS) is 1. The second-order valence-electron chi connectivity index (χ2n) is 7.33. The molecule has 0 bridgehead atoms. The van der Waals surface area contributed by atoms with Gasteiger partial charge in [0.05, 0.1) is 6.61 Å². The molecule has 0 saturated carbocycles. The van der Waals surface area contributed by atoms with Crippen LogP contribution in [0.2, 0.25) is 0 Å². The van der Waals surface area contributed by atoms with Gasteiger partial charge in [0.2, 0.25) is 0 Å². The van der Waals surface area contributed by atoms with Gasteiger partial charge in [-0.05, 0) is 13.0 Å². The molecule has 0 radical (unpaired) electrons. The van der Waals surface area contributed by atoms with E-state index in [1.807, 2.05) is 0 Å². The van der Waals surface area contributed by atoms with E-state index in [1.165, 1.54) is 89.9 Å². The third-order valence-electron chi connectivity index (χ3n) is 4.90. The summed E-state index contributed by atoms with van der Waals surface area (Å²) in [6, 6.07) is -0.809. The number of aliphatic hydroxyl groups is 1. The van der Waals surface area contributed by atoms with E-state index in [0.717, 1.165) is 12.8 Å². The van der Waals surface area contributed by atoms with E-state index in [2.05, 4.69) is 12.2 Å². The minimum atomic E-state index is -0.973. The maximum absolute atomic E-state index is 10.7. The lowest BCUT2D eigenvalue weighted by atomic mass is 10.0. The summed E-state index contributed by atoms with van der Waals surface area (Å²) >= 11 is 0. The fourth-order valence-electron chi connectivity index (χ4n) is 3.18. The van der Waals surface area contributed by atoms with Gasteiger partial charge in [0.15, 0.2) is 0 Å². The Morgan fingerprint density at radius 2 is 1.08 bits per heavy atom. The van der Waals surface area contributed by atoms with Crippen molar-refractivity contribution in [2.45, 2.75) is 116 Å². The van der Waals surface area contributed by atoms with Crippen molar-refractivity contribution in [3.63, 3.8) is 0 Å². The van der Waals surface area contributed by atoms with Crippen molar-refractivity contribution in [1.82, 2.24) is 5.32 Å². The summed E-state index contributed by atoms with van der Waals surface area (Å²) in [6.45, 7) is 2.61. The van der Waals surface area contributed by atoms with Crippen LogP contribution in [-0.4, -0.2) is 35.4 Å². The molecule has 4 nitrogen and oxygen atoms in total. The zero-order valence-electron chi connectivity index (χ0n) is 16.6. The van der Waals surface area contributed by atoms with E-state index in [1.54, 1.807) is 0 Å². The SMILES string of the molecule is CCCCCCCCCCCCCCCCCCN[C@@H](CO)C(=O)O. The fraction of sp³-hybridized carbons (Fsp3) is 0.952. The lowest BCUT2D eigenvalue weighted by Gasteiger charge is -2.10. The van der Waals surface area contributed by atoms with Crippen molar-refractivity contribution in [2.75, 3.05) is 13.2 Å². The molecular weight excluding hydrogens is 314 g/mol. The Morgan fingerprint density at radius 3 is 1.40 bits per heavy atom. The van der Waals surface area contributed by atoms with Crippen molar-refractivity contribution >= 4 is 5.97 Å². The van der Waals surface area contributed by atoms with E-state index in [4.69, 9.17) is 10.2 Å². The monoisotopic (exact) mass is 357 g/mol. The van der Waals surface area contributed by atoms with Gasteiger partial charge in [0, 0.05) is 0 Å². The molecule has 0 aliphatic rings. The third kappa shape index (κ3) is 18.0. The lowest BCUT2D eigenvalue weighted by Crippen LogP contribution is -2.40. The summed E-state index contributed by atoms with van der Waals surface area (Å²) in [6.07, 6.45) is 21.4. The number of rotatable bonds is 20. The molecule has 0 fully saturated rings. The van der Waals surface area contributed by atoms with E-state index in [9.17, 15) is 4.79 Å². The molecule has 0 amide bonds. The highest BCUT2D eigenvalue weighted by molar-refractivity contribution is 5.73. The Hall–Kier alpha value is -0.610. The van der Waals surface area contributed by atoms with E-state index in [0.29, 0.717) is 6.54 Å². The molecule has 0 heterocycles. The van der Waals surface area contributed by atoms with Crippen LogP contribution in [0.1, 0.15) is 110 Å². The number of aliphatic carboxylic acids is 1. The van der Waals surface area contributed by atoms with Gasteiger partial charge in [0.1, 0.15) is 6.04 Å². The Morgan fingerprint density at radius 1 is 0.720 bits per heavy atom. The molecule has 3 N–H and O–H groups in total. The summed E-state index contributed by atoms with van der Waals surface area (Å²) in [4.78, 5) is 10.7. The van der Waals surface area contributed by atoms with Gasteiger partial charge in [-0.2, -0.15) is 0 Å². The van der Waals surface area contributed by atoms with Crippen LogP contribution < -0.4 is 5.32 Å². The molecule has 150 valence electrons. The minimum Gasteiger partial charge on any atom is -0.480 e. The van der Waals surface area contributed by atoms with E-state index >= 15 is 0 Å². The lowest BCUT2D eigenvalue weighted by molar-refractivity contribution is -0.140. The molecule has 0 unspecified atom stereocenters. The van der Waals surface area contributed by atoms with Crippen LogP contribution in [0.5, 0.6) is 0 Å². The molecule has 0 aliphatic carbocycles. The quantitative estimate of drug-likeness (QED) is 0.259. The number of hydrogen-bond acceptors (Lipinski definition) is 3. The summed E-state index contributed by atoms with van der Waals surface area (Å²) < 4.78 is 0. The number of unbranched alkanes of at least 4 members (excludes halogenated alkanes) is 15. The van der Waals surface area contributed by atoms with Crippen LogP contribution in [0.4, 0.5) is 0 Å². The average molecular weight is 358 g/mol. The molecule has 0 aromatic carbocycles. The normalized spacial score (nSPS) is 12.4. The van der Waals surface area contributed by atoms with Crippen molar-refractivity contribution in [3.05, 3.63) is 0 Å². The molecule has 0 spiro atoms. The summed E-state index contributed by atoms with van der Waals surface area (Å²) in [5.41, 5.74) is 0. The predicted molar refractivity (Wildman–Crippen MR) is 106 cm³/mol. The highest BCUT2D eigenvalue weighted by Crippen LogP contribution is 2.13. The number of aliphatic hydroxyl groups excluding tert-OH is 1. The molecule has 0 aromatic rings. The Kier molecular flexibility index (Phi) is 19.2. The number of hydrogen-bond donors (Lipinski definition) is 3. The number of nitrogens with one attached hydrogen (secondary N) is 1. The Bertz CT molecular complexity index is 284. The van der Waals surface area contributed by atoms with Crippen LogP contribution in [0.15, 0.2) is 0 Å². The van der Waals surface area contributed by atoms with Crippen LogP contribution in [0.3, 0.4) is 0 Å². The molecule has 1 atom stereocenters. The number of carbonyl (C=O) groups is 1. The van der Waals surface area contributed by atoms with Crippen LogP contribution >= 0.6 is 0 Å². The fourth-order valence-corrected chi connectivity index (χ4v) is 3.18. The second-order valence-corrected chi connectivity index (χ2v) is 7.33. The molecule has 0 rings (SSSR count). The van der Waals surface area contributed by atoms with Gasteiger partial charge in [0.25, 0.3) is 0 Å². The molecule has 4 heteroatoms. The first-order valence-electron chi connectivity index (χ1n) is 10.8. The molecule has 25 heavy (non-hydrogen) atoms. The summed E-state index contributed by atoms with van der Waals surface area (Å²) in [5, 5.41) is 20.5. The van der Waals surface area contributed by atoms with Gasteiger partial charge < -0.3 is 15.5 Å². The molecule has 0 aromatic heterocycles. The van der Waals surface area contributed by atoms with Crippen molar-refractivity contribution < 1.29 is 15.0 Å². The van der Waals surface area contributed by atoms with E-state index in [-0.39, 0.29) is 6.61 Å². The van der Waals surface area contributed by atoms with Crippen LogP contribution in [-0.2, 0) is 4.79 Å². The zero-order chi connectivity index (χ0) is 18.6. The van der Waals surface area contributed by atoms with Crippen LogP contribution in [0, 0.1) is 0 Å². The number of carboxylic acids is 1. The van der Waals surface area contributed by atoms with Crippen molar-refractivity contribution in [2.24, 2.45) is 0 Å². The third-order valence-corrected chi connectivity index (χ3v) is 4.90.